The normalized spacial score (nSPS) is 12.1. The van der Waals surface area contributed by atoms with Crippen molar-refractivity contribution >= 4 is 26.0 Å². The van der Waals surface area contributed by atoms with Crippen molar-refractivity contribution in [2.75, 3.05) is 0 Å². The molecule has 0 spiro atoms. The number of hydrogen-bond donors (Lipinski definition) is 1. The van der Waals surface area contributed by atoms with E-state index in [2.05, 4.69) is 20.9 Å². The molecule has 0 amide bonds. The molecular formula is C13H15BrFN3O2S. The summed E-state index contributed by atoms with van der Waals surface area (Å²) in [7, 11) is -3.85. The second kappa shape index (κ2) is 5.86. The summed E-state index contributed by atoms with van der Waals surface area (Å²) < 4.78 is 38.1. The van der Waals surface area contributed by atoms with Crippen LogP contribution in [0.4, 0.5) is 4.39 Å². The Hall–Kier alpha value is -1.25. The van der Waals surface area contributed by atoms with Gasteiger partial charge in [0.25, 0.3) is 10.0 Å². The maximum atomic E-state index is 13.2. The number of nitrogens with zero attached hydrogens (tertiary/aromatic N) is 2. The van der Waals surface area contributed by atoms with Crippen LogP contribution in [0.3, 0.4) is 0 Å². The van der Waals surface area contributed by atoms with Crippen molar-refractivity contribution in [3.63, 3.8) is 0 Å². The molecule has 1 aromatic carbocycles. The van der Waals surface area contributed by atoms with E-state index in [0.29, 0.717) is 16.8 Å². The van der Waals surface area contributed by atoms with E-state index in [1.165, 1.54) is 12.3 Å². The van der Waals surface area contributed by atoms with Crippen LogP contribution in [0.1, 0.15) is 31.2 Å². The number of rotatable bonds is 4. The predicted octanol–water partition coefficient (Wildman–Crippen LogP) is 2.60. The molecular weight excluding hydrogens is 361 g/mol. The van der Waals surface area contributed by atoms with E-state index in [9.17, 15) is 12.8 Å². The Bertz CT molecular complexity index is 772. The molecule has 8 heteroatoms. The molecule has 0 atom stereocenters. The molecule has 0 saturated carbocycles. The molecule has 0 radical (unpaired) electrons. The highest BCUT2D eigenvalue weighted by Crippen LogP contribution is 2.21. The average molecular weight is 376 g/mol. The van der Waals surface area contributed by atoms with E-state index in [-0.39, 0.29) is 16.8 Å². The number of sulfonamides is 1. The molecule has 0 fully saturated rings. The lowest BCUT2D eigenvalue weighted by Crippen LogP contribution is -2.12. The quantitative estimate of drug-likeness (QED) is 0.891. The van der Waals surface area contributed by atoms with Crippen molar-refractivity contribution in [1.29, 1.82) is 0 Å². The Balaban J connectivity index is 2.43. The third kappa shape index (κ3) is 3.69. The number of halogens is 2. The van der Waals surface area contributed by atoms with E-state index in [0.717, 1.165) is 5.56 Å². The Morgan fingerprint density at radius 1 is 1.43 bits per heavy atom. The summed E-state index contributed by atoms with van der Waals surface area (Å²) in [5.74, 6) is 0.294. The van der Waals surface area contributed by atoms with Crippen LogP contribution in [0.2, 0.25) is 0 Å². The maximum Gasteiger partial charge on any atom is 0.257 e. The van der Waals surface area contributed by atoms with Gasteiger partial charge in [0.1, 0.15) is 11.6 Å². The minimum Gasteiger partial charge on any atom is -0.329 e. The molecule has 0 bridgehead atoms. The molecule has 0 aliphatic heterocycles. The second-order valence-electron chi connectivity index (χ2n) is 5.01. The average Bonchev–Trinajstić information content (AvgIpc) is 2.78. The summed E-state index contributed by atoms with van der Waals surface area (Å²) in [6.45, 7) is 4.20. The van der Waals surface area contributed by atoms with Gasteiger partial charge in [-0.2, -0.15) is 0 Å². The van der Waals surface area contributed by atoms with E-state index < -0.39 is 10.0 Å². The standard InChI is InChI=1S/C13H15BrFN3O2S/c1-8(2)13-17-12(21(16,19)20)7-18(13)6-9-3-4-11(15)10(14)5-9/h3-5,7-8H,6H2,1-2H3,(H2,16,19,20). The van der Waals surface area contributed by atoms with Crippen LogP contribution in [0.5, 0.6) is 0 Å². The van der Waals surface area contributed by atoms with Crippen molar-refractivity contribution in [2.45, 2.75) is 31.3 Å². The molecule has 0 unspecified atom stereocenters. The number of aromatic nitrogens is 2. The summed E-state index contributed by atoms with van der Waals surface area (Å²) >= 11 is 3.13. The molecule has 1 heterocycles. The summed E-state index contributed by atoms with van der Waals surface area (Å²) in [5.41, 5.74) is 0.823. The Morgan fingerprint density at radius 3 is 2.62 bits per heavy atom. The van der Waals surface area contributed by atoms with Crippen molar-refractivity contribution < 1.29 is 12.8 Å². The van der Waals surface area contributed by atoms with Gasteiger partial charge in [0.2, 0.25) is 0 Å². The second-order valence-corrected chi connectivity index (χ2v) is 7.38. The Morgan fingerprint density at radius 2 is 2.10 bits per heavy atom. The van der Waals surface area contributed by atoms with Gasteiger partial charge in [-0.1, -0.05) is 19.9 Å². The van der Waals surface area contributed by atoms with Crippen LogP contribution in [-0.2, 0) is 16.6 Å². The van der Waals surface area contributed by atoms with Gasteiger partial charge >= 0.3 is 0 Å². The van der Waals surface area contributed by atoms with E-state index in [4.69, 9.17) is 5.14 Å². The smallest absolute Gasteiger partial charge is 0.257 e. The van der Waals surface area contributed by atoms with Crippen molar-refractivity contribution in [3.8, 4) is 0 Å². The van der Waals surface area contributed by atoms with Gasteiger partial charge in [-0.25, -0.2) is 22.9 Å². The first-order valence-electron chi connectivity index (χ1n) is 6.22. The largest absolute Gasteiger partial charge is 0.329 e. The highest BCUT2D eigenvalue weighted by Gasteiger charge is 2.18. The molecule has 5 nitrogen and oxygen atoms in total. The first kappa shape index (κ1) is 16.1. The van der Waals surface area contributed by atoms with Gasteiger partial charge in [-0.3, -0.25) is 0 Å². The van der Waals surface area contributed by atoms with Crippen molar-refractivity contribution in [3.05, 3.63) is 46.1 Å². The van der Waals surface area contributed by atoms with Gasteiger partial charge in [0, 0.05) is 18.7 Å². The lowest BCUT2D eigenvalue weighted by molar-refractivity contribution is 0.594. The minimum absolute atomic E-state index is 0.0318. The van der Waals surface area contributed by atoms with Crippen LogP contribution < -0.4 is 5.14 Å². The number of benzene rings is 1. The van der Waals surface area contributed by atoms with Crippen LogP contribution in [-0.4, -0.2) is 18.0 Å². The van der Waals surface area contributed by atoms with Crippen LogP contribution >= 0.6 is 15.9 Å². The van der Waals surface area contributed by atoms with Gasteiger partial charge < -0.3 is 4.57 Å². The fourth-order valence-electron chi connectivity index (χ4n) is 1.96. The molecule has 21 heavy (non-hydrogen) atoms. The molecule has 114 valence electrons. The Kier molecular flexibility index (Phi) is 4.50. The highest BCUT2D eigenvalue weighted by atomic mass is 79.9. The number of hydrogen-bond acceptors (Lipinski definition) is 3. The fraction of sp³-hybridized carbons (Fsp3) is 0.308. The summed E-state index contributed by atoms with van der Waals surface area (Å²) in [4.78, 5) is 4.08. The first-order chi connectivity index (χ1) is 9.68. The zero-order valence-corrected chi connectivity index (χ0v) is 13.9. The molecule has 1 aromatic heterocycles. The Labute approximate surface area is 131 Å². The number of primary sulfonamides is 1. The monoisotopic (exact) mass is 375 g/mol. The van der Waals surface area contributed by atoms with Gasteiger partial charge in [-0.05, 0) is 33.6 Å². The highest BCUT2D eigenvalue weighted by molar-refractivity contribution is 9.10. The third-order valence-electron chi connectivity index (χ3n) is 2.93. The topological polar surface area (TPSA) is 78.0 Å². The lowest BCUT2D eigenvalue weighted by atomic mass is 10.2. The third-order valence-corrected chi connectivity index (χ3v) is 4.32. The lowest BCUT2D eigenvalue weighted by Gasteiger charge is -2.10. The maximum absolute atomic E-state index is 13.2. The molecule has 0 saturated heterocycles. The van der Waals surface area contributed by atoms with E-state index in [1.807, 2.05) is 13.8 Å². The van der Waals surface area contributed by atoms with E-state index in [1.54, 1.807) is 16.7 Å². The van der Waals surface area contributed by atoms with Gasteiger partial charge in [0.15, 0.2) is 5.03 Å². The summed E-state index contributed by atoms with van der Waals surface area (Å²) in [6, 6.07) is 4.64. The molecule has 2 aromatic rings. The molecule has 2 rings (SSSR count). The van der Waals surface area contributed by atoms with Gasteiger partial charge in [-0.15, -0.1) is 0 Å². The minimum atomic E-state index is -3.85. The number of imidazole rings is 1. The van der Waals surface area contributed by atoms with Crippen LogP contribution in [0, 0.1) is 5.82 Å². The first-order valence-corrected chi connectivity index (χ1v) is 8.56. The molecule has 2 N–H and O–H groups in total. The fourth-order valence-corrected chi connectivity index (χ4v) is 2.89. The van der Waals surface area contributed by atoms with Crippen LogP contribution in [0.15, 0.2) is 33.9 Å². The van der Waals surface area contributed by atoms with Gasteiger partial charge in [0.05, 0.1) is 4.47 Å². The molecule has 0 aliphatic rings. The summed E-state index contributed by atoms with van der Waals surface area (Å²) in [6.07, 6.45) is 1.40. The summed E-state index contributed by atoms with van der Waals surface area (Å²) in [5, 5.41) is 4.96. The van der Waals surface area contributed by atoms with Crippen molar-refractivity contribution in [2.24, 2.45) is 5.14 Å². The zero-order chi connectivity index (χ0) is 15.8. The molecule has 0 aliphatic carbocycles. The van der Waals surface area contributed by atoms with Crippen molar-refractivity contribution in [1.82, 2.24) is 9.55 Å². The SMILES string of the molecule is CC(C)c1nc(S(N)(=O)=O)cn1Cc1ccc(F)c(Br)c1. The predicted molar refractivity (Wildman–Crippen MR) is 80.9 cm³/mol. The van der Waals surface area contributed by atoms with E-state index >= 15 is 0 Å². The van der Waals surface area contributed by atoms with Crippen LogP contribution in [0.25, 0.3) is 0 Å². The zero-order valence-electron chi connectivity index (χ0n) is 11.5. The number of nitrogens with two attached hydrogens (primary N) is 1.